The highest BCUT2D eigenvalue weighted by molar-refractivity contribution is 5.84. The monoisotopic (exact) mass is 293 g/mol. The summed E-state index contributed by atoms with van der Waals surface area (Å²) >= 11 is 0. The van der Waals surface area contributed by atoms with Gasteiger partial charge in [-0.15, -0.1) is 0 Å². The van der Waals surface area contributed by atoms with Crippen molar-refractivity contribution in [3.63, 3.8) is 0 Å². The summed E-state index contributed by atoms with van der Waals surface area (Å²) in [5.74, 6) is 7.22. The van der Waals surface area contributed by atoms with Gasteiger partial charge in [0.2, 0.25) is 0 Å². The Morgan fingerprint density at radius 2 is 2.23 bits per heavy atom. The molecule has 22 heavy (non-hydrogen) atoms. The minimum atomic E-state index is 0.527. The van der Waals surface area contributed by atoms with Crippen molar-refractivity contribution in [2.24, 2.45) is 17.7 Å². The molecule has 3 N–H and O–H groups in total. The molecule has 2 aliphatic rings. The van der Waals surface area contributed by atoms with Gasteiger partial charge in [-0.1, -0.05) is 18.7 Å². The third kappa shape index (κ3) is 2.05. The lowest BCUT2D eigenvalue weighted by atomic mass is 9.96. The number of nitrogens with two attached hydrogens (primary N) is 1. The van der Waals surface area contributed by atoms with Gasteiger partial charge >= 0.3 is 0 Å². The number of hydrogen-bond acceptors (Lipinski definition) is 4. The molecule has 2 heterocycles. The number of allylic oxidation sites excluding steroid dienone is 4. The van der Waals surface area contributed by atoms with Gasteiger partial charge in [-0.3, -0.25) is 4.98 Å². The lowest BCUT2D eigenvalue weighted by Gasteiger charge is -2.21. The van der Waals surface area contributed by atoms with E-state index in [-0.39, 0.29) is 0 Å². The van der Waals surface area contributed by atoms with Crippen LogP contribution in [-0.2, 0) is 0 Å². The van der Waals surface area contributed by atoms with Gasteiger partial charge in [0.15, 0.2) is 5.65 Å². The molecule has 5 heteroatoms. The van der Waals surface area contributed by atoms with Gasteiger partial charge in [-0.2, -0.15) is 0 Å². The summed E-state index contributed by atoms with van der Waals surface area (Å²) in [7, 11) is 1.90. The normalized spacial score (nSPS) is 23.4. The van der Waals surface area contributed by atoms with Crippen LogP contribution in [0.4, 0.5) is 0 Å². The first-order valence-electron chi connectivity index (χ1n) is 7.52. The number of hydrazine groups is 1. The van der Waals surface area contributed by atoms with Crippen LogP contribution in [0.3, 0.4) is 0 Å². The van der Waals surface area contributed by atoms with E-state index in [0.29, 0.717) is 11.8 Å². The van der Waals surface area contributed by atoms with E-state index in [1.165, 1.54) is 12.0 Å². The summed E-state index contributed by atoms with van der Waals surface area (Å²) in [6.45, 7) is 4.34. The Hall–Kier alpha value is -2.40. The van der Waals surface area contributed by atoms with Crippen molar-refractivity contribution in [3.8, 4) is 0 Å². The number of H-pyrrole nitrogens is 1. The largest absolute Gasteiger partial charge is 0.338 e. The van der Waals surface area contributed by atoms with E-state index < -0.39 is 0 Å². The molecule has 0 saturated heterocycles. The first-order valence-corrected chi connectivity index (χ1v) is 7.52. The molecule has 0 aromatic carbocycles. The van der Waals surface area contributed by atoms with E-state index in [0.717, 1.165) is 34.5 Å². The second-order valence-corrected chi connectivity index (χ2v) is 6.06. The molecule has 0 aliphatic heterocycles. The highest BCUT2D eigenvalue weighted by Gasteiger charge is 2.42. The molecular formula is C17H19N5. The van der Waals surface area contributed by atoms with E-state index in [4.69, 9.17) is 5.84 Å². The third-order valence-electron chi connectivity index (χ3n) is 4.55. The maximum absolute atomic E-state index is 6.06. The molecule has 2 atom stereocenters. The zero-order valence-corrected chi connectivity index (χ0v) is 12.6. The van der Waals surface area contributed by atoms with Gasteiger partial charge in [0.1, 0.15) is 5.52 Å². The van der Waals surface area contributed by atoms with Crippen molar-refractivity contribution in [3.05, 3.63) is 54.2 Å². The summed E-state index contributed by atoms with van der Waals surface area (Å²) in [5, 5.41) is 1.73. The van der Waals surface area contributed by atoms with Gasteiger partial charge in [-0.25, -0.2) is 10.8 Å². The molecular weight excluding hydrogens is 274 g/mol. The van der Waals surface area contributed by atoms with Gasteiger partial charge in [0, 0.05) is 37.3 Å². The zero-order valence-electron chi connectivity index (χ0n) is 12.6. The average molecular weight is 293 g/mol. The van der Waals surface area contributed by atoms with Crippen LogP contribution >= 0.6 is 0 Å². The second-order valence-electron chi connectivity index (χ2n) is 6.06. The van der Waals surface area contributed by atoms with Crippen molar-refractivity contribution in [1.82, 2.24) is 20.0 Å². The van der Waals surface area contributed by atoms with Crippen LogP contribution in [0.1, 0.15) is 18.5 Å². The van der Waals surface area contributed by atoms with Crippen molar-refractivity contribution < 1.29 is 0 Å². The standard InChI is InChI=1S/C17H19N5/c1-10(13-9-14-17(21-13)20-7-6-19-14)16-12-8-11(12)4-3-5-15(16)22(2)18/h3-4,6-7,9,11-12H,1,5,8,18H2,2H3,(H,20,21). The Morgan fingerprint density at radius 1 is 1.41 bits per heavy atom. The minimum Gasteiger partial charge on any atom is -0.338 e. The van der Waals surface area contributed by atoms with Crippen molar-refractivity contribution in [1.29, 1.82) is 0 Å². The first-order chi connectivity index (χ1) is 10.6. The van der Waals surface area contributed by atoms with Gasteiger partial charge in [0.25, 0.3) is 0 Å². The van der Waals surface area contributed by atoms with Crippen LogP contribution in [0.5, 0.6) is 0 Å². The number of rotatable bonds is 3. The fourth-order valence-corrected chi connectivity index (χ4v) is 3.33. The first kappa shape index (κ1) is 13.3. The lowest BCUT2D eigenvalue weighted by molar-refractivity contribution is 0.426. The topological polar surface area (TPSA) is 70.8 Å². The molecule has 2 unspecified atom stereocenters. The Labute approximate surface area is 129 Å². The predicted octanol–water partition coefficient (Wildman–Crippen LogP) is 2.63. The zero-order chi connectivity index (χ0) is 15.3. The molecule has 112 valence electrons. The summed E-state index contributed by atoms with van der Waals surface area (Å²) in [4.78, 5) is 12.0. The number of nitrogens with one attached hydrogen (secondary N) is 1. The fraction of sp³-hybridized carbons (Fsp3) is 0.294. The van der Waals surface area contributed by atoms with Crippen molar-refractivity contribution in [2.75, 3.05) is 7.05 Å². The number of hydrogen-bond donors (Lipinski definition) is 2. The van der Waals surface area contributed by atoms with Crippen LogP contribution in [0.15, 0.2) is 48.5 Å². The van der Waals surface area contributed by atoms with E-state index in [2.05, 4.69) is 33.7 Å². The minimum absolute atomic E-state index is 0.527. The van der Waals surface area contributed by atoms with Gasteiger partial charge < -0.3 is 9.99 Å². The SMILES string of the molecule is C=C(C1=C(N(C)N)CC=CC2CC12)c1cc2nccnc2[nH]1. The number of aromatic nitrogens is 3. The van der Waals surface area contributed by atoms with Crippen LogP contribution in [0.2, 0.25) is 0 Å². The maximum atomic E-state index is 6.06. The third-order valence-corrected chi connectivity index (χ3v) is 4.55. The molecule has 2 aromatic rings. The second kappa shape index (κ2) is 4.81. The van der Waals surface area contributed by atoms with Crippen molar-refractivity contribution >= 4 is 16.7 Å². The number of fused-ring (bicyclic) bond motifs is 2. The lowest BCUT2D eigenvalue weighted by Crippen LogP contribution is -2.26. The Balaban J connectivity index is 1.79. The molecule has 0 bridgehead atoms. The Bertz CT molecular complexity index is 778. The predicted molar refractivity (Wildman–Crippen MR) is 87.3 cm³/mol. The average Bonchev–Trinajstić information content (AvgIpc) is 3.14. The molecule has 1 saturated carbocycles. The Morgan fingerprint density at radius 3 is 3.00 bits per heavy atom. The van der Waals surface area contributed by atoms with Crippen LogP contribution in [-0.4, -0.2) is 27.0 Å². The van der Waals surface area contributed by atoms with E-state index in [1.807, 2.05) is 13.1 Å². The molecule has 2 aliphatic carbocycles. The fourth-order valence-electron chi connectivity index (χ4n) is 3.33. The number of aromatic amines is 1. The molecule has 0 amide bonds. The summed E-state index contributed by atoms with van der Waals surface area (Å²) < 4.78 is 0. The van der Waals surface area contributed by atoms with Gasteiger partial charge in [-0.05, 0) is 35.5 Å². The molecule has 1 fully saturated rings. The van der Waals surface area contributed by atoms with Crippen LogP contribution in [0, 0.1) is 11.8 Å². The molecule has 0 spiro atoms. The molecule has 2 aromatic heterocycles. The van der Waals surface area contributed by atoms with Crippen LogP contribution < -0.4 is 5.84 Å². The smallest absolute Gasteiger partial charge is 0.156 e. The van der Waals surface area contributed by atoms with E-state index >= 15 is 0 Å². The molecule has 5 nitrogen and oxygen atoms in total. The van der Waals surface area contributed by atoms with E-state index in [9.17, 15) is 0 Å². The Kier molecular flexibility index (Phi) is 2.90. The van der Waals surface area contributed by atoms with E-state index in [1.54, 1.807) is 17.4 Å². The van der Waals surface area contributed by atoms with Gasteiger partial charge in [0.05, 0.1) is 0 Å². The highest BCUT2D eigenvalue weighted by Crippen LogP contribution is 2.52. The van der Waals surface area contributed by atoms with Crippen LogP contribution in [0.25, 0.3) is 16.7 Å². The summed E-state index contributed by atoms with van der Waals surface area (Å²) in [5.41, 5.74) is 6.05. The molecule has 4 rings (SSSR count). The summed E-state index contributed by atoms with van der Waals surface area (Å²) in [6, 6.07) is 2.02. The quantitative estimate of drug-likeness (QED) is 0.518. The highest BCUT2D eigenvalue weighted by atomic mass is 15.4. The molecule has 0 radical (unpaired) electrons. The maximum Gasteiger partial charge on any atom is 0.156 e. The van der Waals surface area contributed by atoms with Crippen molar-refractivity contribution in [2.45, 2.75) is 12.8 Å². The number of nitrogens with zero attached hydrogens (tertiary/aromatic N) is 3. The summed E-state index contributed by atoms with van der Waals surface area (Å²) in [6.07, 6.45) is 9.95.